The van der Waals surface area contributed by atoms with E-state index in [4.69, 9.17) is 38.4 Å². The SMILES string of the molecule is COC[C@H](N)C(=O)OCc1cc(Cl)nc(Cl)c1.Cl. The summed E-state index contributed by atoms with van der Waals surface area (Å²) in [6.45, 7) is 0.148. The minimum Gasteiger partial charge on any atom is -0.460 e. The standard InChI is InChI=1S/C10H12Cl2N2O3.ClH/c1-16-5-7(13)10(15)17-4-6-2-8(11)14-9(12)3-6;/h2-3,7H,4-5,13H2,1H3;1H/t7-;/m0./s1. The van der Waals surface area contributed by atoms with Gasteiger partial charge in [0.25, 0.3) is 0 Å². The van der Waals surface area contributed by atoms with Gasteiger partial charge in [0.2, 0.25) is 0 Å². The van der Waals surface area contributed by atoms with Crippen LogP contribution in [0.15, 0.2) is 12.1 Å². The molecule has 1 heterocycles. The summed E-state index contributed by atoms with van der Waals surface area (Å²) < 4.78 is 9.70. The van der Waals surface area contributed by atoms with Crippen molar-refractivity contribution in [3.8, 4) is 0 Å². The molecule has 0 radical (unpaired) electrons. The number of carbonyl (C=O) groups excluding carboxylic acids is 1. The van der Waals surface area contributed by atoms with E-state index >= 15 is 0 Å². The van der Waals surface area contributed by atoms with Crippen molar-refractivity contribution in [3.05, 3.63) is 28.0 Å². The molecule has 18 heavy (non-hydrogen) atoms. The van der Waals surface area contributed by atoms with E-state index < -0.39 is 12.0 Å². The molecule has 2 N–H and O–H groups in total. The number of rotatable bonds is 5. The minimum absolute atomic E-state index is 0. The number of nitrogens with two attached hydrogens (primary N) is 1. The number of pyridine rings is 1. The summed E-state index contributed by atoms with van der Waals surface area (Å²) in [7, 11) is 1.45. The number of esters is 1. The molecule has 0 bridgehead atoms. The second-order valence-corrected chi connectivity index (χ2v) is 4.06. The summed E-state index contributed by atoms with van der Waals surface area (Å²) in [4.78, 5) is 15.1. The van der Waals surface area contributed by atoms with Gasteiger partial charge in [-0.1, -0.05) is 23.2 Å². The predicted molar refractivity (Wildman–Crippen MR) is 71.2 cm³/mol. The van der Waals surface area contributed by atoms with Gasteiger partial charge in [-0.2, -0.15) is 0 Å². The Morgan fingerprint density at radius 3 is 2.50 bits per heavy atom. The summed E-state index contributed by atoms with van der Waals surface area (Å²) >= 11 is 11.4. The third-order valence-electron chi connectivity index (χ3n) is 1.85. The van der Waals surface area contributed by atoms with E-state index in [1.165, 1.54) is 7.11 Å². The number of halogens is 3. The van der Waals surface area contributed by atoms with Crippen molar-refractivity contribution >= 4 is 41.6 Å². The lowest BCUT2D eigenvalue weighted by atomic mass is 10.3. The average Bonchev–Trinajstić information content (AvgIpc) is 2.25. The van der Waals surface area contributed by atoms with Gasteiger partial charge >= 0.3 is 5.97 Å². The van der Waals surface area contributed by atoms with Crippen molar-refractivity contribution in [2.24, 2.45) is 5.73 Å². The molecule has 8 heteroatoms. The smallest absolute Gasteiger partial charge is 0.325 e. The van der Waals surface area contributed by atoms with Gasteiger partial charge in [0.05, 0.1) is 6.61 Å². The van der Waals surface area contributed by atoms with Gasteiger partial charge < -0.3 is 15.2 Å². The first kappa shape index (κ1) is 17.4. The number of hydrogen-bond donors (Lipinski definition) is 1. The average molecular weight is 316 g/mol. The molecule has 1 atom stereocenters. The molecule has 102 valence electrons. The van der Waals surface area contributed by atoms with Crippen molar-refractivity contribution < 1.29 is 14.3 Å². The van der Waals surface area contributed by atoms with E-state index in [1.54, 1.807) is 12.1 Å². The first-order chi connectivity index (χ1) is 8.02. The summed E-state index contributed by atoms with van der Waals surface area (Å²) in [6, 6.07) is 2.32. The van der Waals surface area contributed by atoms with Crippen LogP contribution in [0.4, 0.5) is 0 Å². The van der Waals surface area contributed by atoms with Crippen molar-refractivity contribution in [1.29, 1.82) is 0 Å². The molecule has 1 aromatic heterocycles. The molecule has 0 fully saturated rings. The zero-order valence-corrected chi connectivity index (χ0v) is 11.9. The Kier molecular flexibility index (Phi) is 8.22. The van der Waals surface area contributed by atoms with Crippen LogP contribution in [0.1, 0.15) is 5.56 Å². The van der Waals surface area contributed by atoms with Gasteiger partial charge in [-0.25, -0.2) is 4.98 Å². The van der Waals surface area contributed by atoms with Crippen LogP contribution in [0.25, 0.3) is 0 Å². The number of nitrogens with zero attached hydrogens (tertiary/aromatic N) is 1. The zero-order valence-electron chi connectivity index (χ0n) is 9.56. The van der Waals surface area contributed by atoms with Gasteiger partial charge in [-0.3, -0.25) is 4.79 Å². The molecule has 1 aromatic rings. The van der Waals surface area contributed by atoms with Gasteiger partial charge in [-0.05, 0) is 17.7 Å². The zero-order chi connectivity index (χ0) is 12.8. The second-order valence-electron chi connectivity index (χ2n) is 3.29. The molecule has 0 saturated carbocycles. The highest BCUT2D eigenvalue weighted by molar-refractivity contribution is 6.32. The van der Waals surface area contributed by atoms with Crippen LogP contribution in [0, 0.1) is 0 Å². The normalized spacial score (nSPS) is 11.6. The molecule has 0 aliphatic rings. The first-order valence-electron chi connectivity index (χ1n) is 4.76. The van der Waals surface area contributed by atoms with Crippen LogP contribution in [0.3, 0.4) is 0 Å². The molecule has 0 unspecified atom stereocenters. The van der Waals surface area contributed by atoms with Crippen LogP contribution in [-0.2, 0) is 20.9 Å². The fraction of sp³-hybridized carbons (Fsp3) is 0.400. The van der Waals surface area contributed by atoms with Crippen molar-refractivity contribution in [2.75, 3.05) is 13.7 Å². The molecular weight excluding hydrogens is 302 g/mol. The van der Waals surface area contributed by atoms with Crippen molar-refractivity contribution in [2.45, 2.75) is 12.6 Å². The summed E-state index contributed by atoms with van der Waals surface area (Å²) in [5, 5.41) is 0.481. The van der Waals surface area contributed by atoms with Gasteiger partial charge in [0.15, 0.2) is 0 Å². The van der Waals surface area contributed by atoms with Crippen LogP contribution in [-0.4, -0.2) is 30.7 Å². The maximum atomic E-state index is 11.4. The lowest BCUT2D eigenvalue weighted by molar-refractivity contribution is -0.147. The largest absolute Gasteiger partial charge is 0.460 e. The highest BCUT2D eigenvalue weighted by Gasteiger charge is 2.14. The maximum Gasteiger partial charge on any atom is 0.325 e. The monoisotopic (exact) mass is 314 g/mol. The molecule has 0 spiro atoms. The van der Waals surface area contributed by atoms with E-state index in [0.717, 1.165) is 0 Å². The molecule has 5 nitrogen and oxygen atoms in total. The second kappa shape index (κ2) is 8.50. The number of carbonyl (C=O) groups is 1. The third kappa shape index (κ3) is 5.84. The van der Waals surface area contributed by atoms with Gasteiger partial charge in [0, 0.05) is 7.11 Å². The topological polar surface area (TPSA) is 74.4 Å². The Labute approximate surface area is 121 Å². The van der Waals surface area contributed by atoms with Crippen LogP contribution >= 0.6 is 35.6 Å². The minimum atomic E-state index is -0.798. The number of methoxy groups -OCH3 is 1. The molecule has 0 saturated heterocycles. The fourth-order valence-corrected chi connectivity index (χ4v) is 1.61. The summed E-state index contributed by atoms with van der Waals surface area (Å²) in [5.74, 6) is -0.545. The van der Waals surface area contributed by atoms with Crippen LogP contribution in [0.2, 0.25) is 10.3 Å². The quantitative estimate of drug-likeness (QED) is 0.663. The Hall–Kier alpha value is -0.590. The molecule has 0 aromatic carbocycles. The highest BCUT2D eigenvalue weighted by atomic mass is 35.5. The number of aromatic nitrogens is 1. The van der Waals surface area contributed by atoms with Crippen LogP contribution in [0.5, 0.6) is 0 Å². The summed E-state index contributed by atoms with van der Waals surface area (Å²) in [6.07, 6.45) is 0. The third-order valence-corrected chi connectivity index (χ3v) is 2.24. The highest BCUT2D eigenvalue weighted by Crippen LogP contribution is 2.15. The Morgan fingerprint density at radius 2 is 2.00 bits per heavy atom. The van der Waals surface area contributed by atoms with E-state index in [9.17, 15) is 4.79 Å². The first-order valence-corrected chi connectivity index (χ1v) is 5.51. The maximum absolute atomic E-state index is 11.4. The fourth-order valence-electron chi connectivity index (χ4n) is 1.11. The van der Waals surface area contributed by atoms with Crippen LogP contribution < -0.4 is 5.73 Å². The number of hydrogen-bond acceptors (Lipinski definition) is 5. The summed E-state index contributed by atoms with van der Waals surface area (Å²) in [5.41, 5.74) is 6.13. The van der Waals surface area contributed by atoms with E-state index in [-0.39, 0.29) is 35.9 Å². The predicted octanol–water partition coefficient (Wildman–Crippen LogP) is 1.83. The van der Waals surface area contributed by atoms with E-state index in [1.807, 2.05) is 0 Å². The molecule has 1 rings (SSSR count). The van der Waals surface area contributed by atoms with Crippen molar-refractivity contribution in [1.82, 2.24) is 4.98 Å². The molecule has 0 aliphatic carbocycles. The number of ether oxygens (including phenoxy) is 2. The van der Waals surface area contributed by atoms with Gasteiger partial charge in [0.1, 0.15) is 23.0 Å². The molecular formula is C10H13Cl3N2O3. The van der Waals surface area contributed by atoms with Gasteiger partial charge in [-0.15, -0.1) is 12.4 Å². The lowest BCUT2D eigenvalue weighted by Gasteiger charge is -2.10. The molecule has 0 aliphatic heterocycles. The Morgan fingerprint density at radius 1 is 1.44 bits per heavy atom. The Bertz CT molecular complexity index is 384. The lowest BCUT2D eigenvalue weighted by Crippen LogP contribution is -2.36. The molecule has 0 amide bonds. The van der Waals surface area contributed by atoms with E-state index in [2.05, 4.69) is 4.98 Å². The Balaban J connectivity index is 0.00000289. The van der Waals surface area contributed by atoms with E-state index in [0.29, 0.717) is 5.56 Å². The van der Waals surface area contributed by atoms with Crippen molar-refractivity contribution in [3.63, 3.8) is 0 Å².